The number of hydrogen-bond acceptors (Lipinski definition) is 4. The molecule has 32 heavy (non-hydrogen) atoms. The lowest BCUT2D eigenvalue weighted by molar-refractivity contribution is 0.415. The zero-order chi connectivity index (χ0) is 21.9. The molecule has 0 atom stereocenters. The number of imidazole rings is 1. The molecule has 5 heteroatoms. The van der Waals surface area contributed by atoms with Crippen molar-refractivity contribution in [3.05, 3.63) is 97.1 Å². The van der Waals surface area contributed by atoms with Gasteiger partial charge in [-0.1, -0.05) is 12.1 Å². The maximum absolute atomic E-state index is 5.33. The van der Waals surface area contributed by atoms with Crippen molar-refractivity contribution in [1.82, 2.24) is 9.97 Å². The SMILES string of the molecule is COc1ccc(N(c2ccc(OC)cc2)c2ccc(-c3nc4ccccc4[nH]3)cc2)cc1. The first-order valence-electron chi connectivity index (χ1n) is 10.4. The zero-order valence-electron chi connectivity index (χ0n) is 17.9. The number of para-hydroxylation sites is 2. The van der Waals surface area contributed by atoms with Crippen LogP contribution in [-0.4, -0.2) is 24.2 Å². The van der Waals surface area contributed by atoms with Gasteiger partial charge in [0.05, 0.1) is 25.3 Å². The van der Waals surface area contributed by atoms with Gasteiger partial charge in [-0.3, -0.25) is 0 Å². The first-order valence-corrected chi connectivity index (χ1v) is 10.4. The van der Waals surface area contributed by atoms with Crippen molar-refractivity contribution >= 4 is 28.1 Å². The molecule has 0 aliphatic heterocycles. The van der Waals surface area contributed by atoms with Crippen LogP contribution >= 0.6 is 0 Å². The van der Waals surface area contributed by atoms with Crippen LogP contribution in [0.2, 0.25) is 0 Å². The van der Waals surface area contributed by atoms with E-state index in [0.717, 1.165) is 51.0 Å². The molecule has 5 rings (SSSR count). The van der Waals surface area contributed by atoms with Gasteiger partial charge in [0.15, 0.2) is 0 Å². The Bertz CT molecular complexity index is 1240. The monoisotopic (exact) mass is 421 g/mol. The number of hydrogen-bond donors (Lipinski definition) is 1. The lowest BCUT2D eigenvalue weighted by Gasteiger charge is -2.26. The summed E-state index contributed by atoms with van der Waals surface area (Å²) in [5.41, 5.74) is 6.14. The highest BCUT2D eigenvalue weighted by atomic mass is 16.5. The predicted octanol–water partition coefficient (Wildman–Crippen LogP) is 6.72. The molecule has 0 saturated heterocycles. The van der Waals surface area contributed by atoms with Crippen molar-refractivity contribution in [1.29, 1.82) is 0 Å². The van der Waals surface area contributed by atoms with E-state index < -0.39 is 0 Å². The van der Waals surface area contributed by atoms with E-state index in [0.29, 0.717) is 0 Å². The quantitative estimate of drug-likeness (QED) is 0.331. The summed E-state index contributed by atoms with van der Waals surface area (Å²) >= 11 is 0. The highest BCUT2D eigenvalue weighted by Crippen LogP contribution is 2.36. The predicted molar refractivity (Wildman–Crippen MR) is 129 cm³/mol. The minimum atomic E-state index is 0.823. The van der Waals surface area contributed by atoms with E-state index in [2.05, 4.69) is 58.4 Å². The van der Waals surface area contributed by atoms with Crippen LogP contribution in [0, 0.1) is 0 Å². The smallest absolute Gasteiger partial charge is 0.138 e. The molecule has 0 radical (unpaired) electrons. The van der Waals surface area contributed by atoms with Crippen molar-refractivity contribution in [3.8, 4) is 22.9 Å². The lowest BCUT2D eigenvalue weighted by atomic mass is 10.1. The van der Waals surface area contributed by atoms with Crippen molar-refractivity contribution in [2.45, 2.75) is 0 Å². The van der Waals surface area contributed by atoms with E-state index in [1.807, 2.05) is 48.5 Å². The van der Waals surface area contributed by atoms with Crippen LogP contribution in [0.4, 0.5) is 17.1 Å². The number of aromatic amines is 1. The number of nitrogens with one attached hydrogen (secondary N) is 1. The zero-order valence-corrected chi connectivity index (χ0v) is 17.9. The highest BCUT2D eigenvalue weighted by molar-refractivity contribution is 5.81. The van der Waals surface area contributed by atoms with Crippen LogP contribution in [0.25, 0.3) is 22.4 Å². The Morgan fingerprint density at radius 1 is 0.625 bits per heavy atom. The Hall–Kier alpha value is -4.25. The average Bonchev–Trinajstić information content (AvgIpc) is 3.30. The van der Waals surface area contributed by atoms with Gasteiger partial charge in [-0.25, -0.2) is 4.98 Å². The second kappa shape index (κ2) is 8.47. The second-order valence-electron chi connectivity index (χ2n) is 7.38. The summed E-state index contributed by atoms with van der Waals surface area (Å²) in [5.74, 6) is 2.51. The fraction of sp³-hybridized carbons (Fsp3) is 0.0741. The number of anilines is 3. The first-order chi connectivity index (χ1) is 15.7. The third kappa shape index (κ3) is 3.76. The third-order valence-corrected chi connectivity index (χ3v) is 5.45. The number of benzene rings is 4. The van der Waals surface area contributed by atoms with Crippen LogP contribution < -0.4 is 14.4 Å². The summed E-state index contributed by atoms with van der Waals surface area (Å²) in [4.78, 5) is 10.3. The molecule has 0 saturated carbocycles. The molecule has 0 spiro atoms. The van der Waals surface area contributed by atoms with E-state index in [1.165, 1.54) is 0 Å². The normalized spacial score (nSPS) is 10.8. The molecule has 0 aliphatic rings. The Balaban J connectivity index is 1.53. The van der Waals surface area contributed by atoms with E-state index in [9.17, 15) is 0 Å². The van der Waals surface area contributed by atoms with E-state index in [4.69, 9.17) is 14.5 Å². The highest BCUT2D eigenvalue weighted by Gasteiger charge is 2.14. The number of H-pyrrole nitrogens is 1. The van der Waals surface area contributed by atoms with E-state index in [1.54, 1.807) is 14.2 Å². The van der Waals surface area contributed by atoms with Gasteiger partial charge in [0.1, 0.15) is 17.3 Å². The maximum Gasteiger partial charge on any atom is 0.138 e. The van der Waals surface area contributed by atoms with Crippen LogP contribution in [0.3, 0.4) is 0 Å². The average molecular weight is 422 g/mol. The Morgan fingerprint density at radius 2 is 1.12 bits per heavy atom. The number of rotatable bonds is 6. The number of fused-ring (bicyclic) bond motifs is 1. The molecule has 158 valence electrons. The topological polar surface area (TPSA) is 50.4 Å². The molecule has 0 amide bonds. The first kappa shape index (κ1) is 19.7. The summed E-state index contributed by atoms with van der Waals surface area (Å²) in [6.07, 6.45) is 0. The van der Waals surface area contributed by atoms with Gasteiger partial charge in [-0.2, -0.15) is 0 Å². The standard InChI is InChI=1S/C27H23N3O2/c1-31-23-15-11-21(12-16-23)30(22-13-17-24(32-2)18-14-22)20-9-7-19(8-10-20)27-28-25-5-3-4-6-26(25)29-27/h3-18H,1-2H3,(H,28,29). The van der Waals surface area contributed by atoms with E-state index in [-0.39, 0.29) is 0 Å². The molecule has 0 aliphatic carbocycles. The molecule has 0 unspecified atom stereocenters. The van der Waals surface area contributed by atoms with Crippen LogP contribution in [-0.2, 0) is 0 Å². The number of aromatic nitrogens is 2. The number of ether oxygens (including phenoxy) is 2. The number of methoxy groups -OCH3 is 2. The summed E-state index contributed by atoms with van der Waals surface area (Å²) in [5, 5.41) is 0. The Morgan fingerprint density at radius 3 is 1.62 bits per heavy atom. The van der Waals surface area contributed by atoms with Gasteiger partial charge in [0.2, 0.25) is 0 Å². The van der Waals surface area contributed by atoms with Gasteiger partial charge in [0, 0.05) is 22.6 Å². The van der Waals surface area contributed by atoms with Crippen LogP contribution in [0.15, 0.2) is 97.1 Å². The van der Waals surface area contributed by atoms with Gasteiger partial charge in [-0.05, 0) is 84.9 Å². The van der Waals surface area contributed by atoms with Crippen LogP contribution in [0.1, 0.15) is 0 Å². The summed E-state index contributed by atoms with van der Waals surface area (Å²) in [6, 6.07) is 32.5. The van der Waals surface area contributed by atoms with Crippen LogP contribution in [0.5, 0.6) is 11.5 Å². The molecular formula is C27H23N3O2. The number of nitrogens with zero attached hydrogens (tertiary/aromatic N) is 2. The van der Waals surface area contributed by atoms with Gasteiger partial charge in [-0.15, -0.1) is 0 Å². The molecule has 0 bridgehead atoms. The van der Waals surface area contributed by atoms with Crippen molar-refractivity contribution in [2.24, 2.45) is 0 Å². The summed E-state index contributed by atoms with van der Waals surface area (Å²) in [7, 11) is 3.35. The van der Waals surface area contributed by atoms with Gasteiger partial charge >= 0.3 is 0 Å². The Kier molecular flexibility index (Phi) is 5.22. The molecular weight excluding hydrogens is 398 g/mol. The molecule has 0 fully saturated rings. The third-order valence-electron chi connectivity index (χ3n) is 5.45. The summed E-state index contributed by atoms with van der Waals surface area (Å²) in [6.45, 7) is 0. The van der Waals surface area contributed by atoms with Gasteiger partial charge in [0.25, 0.3) is 0 Å². The molecule has 1 aromatic heterocycles. The van der Waals surface area contributed by atoms with Crippen molar-refractivity contribution in [3.63, 3.8) is 0 Å². The lowest BCUT2D eigenvalue weighted by Crippen LogP contribution is -2.09. The second-order valence-corrected chi connectivity index (χ2v) is 7.38. The van der Waals surface area contributed by atoms with E-state index >= 15 is 0 Å². The van der Waals surface area contributed by atoms with Crippen molar-refractivity contribution in [2.75, 3.05) is 19.1 Å². The molecule has 5 aromatic rings. The molecule has 4 aromatic carbocycles. The minimum Gasteiger partial charge on any atom is -0.497 e. The fourth-order valence-electron chi connectivity index (χ4n) is 3.77. The molecule has 1 heterocycles. The molecule has 5 nitrogen and oxygen atoms in total. The largest absolute Gasteiger partial charge is 0.497 e. The van der Waals surface area contributed by atoms with Crippen molar-refractivity contribution < 1.29 is 9.47 Å². The summed E-state index contributed by atoms with van der Waals surface area (Å²) < 4.78 is 10.7. The minimum absolute atomic E-state index is 0.823. The Labute approximate surface area is 186 Å². The van der Waals surface area contributed by atoms with Gasteiger partial charge < -0.3 is 19.4 Å². The molecule has 1 N–H and O–H groups in total. The fourth-order valence-corrected chi connectivity index (χ4v) is 3.77. The maximum atomic E-state index is 5.33.